The van der Waals surface area contributed by atoms with Crippen molar-refractivity contribution < 1.29 is 9.53 Å². The van der Waals surface area contributed by atoms with Crippen molar-refractivity contribution in [2.75, 3.05) is 25.6 Å². The maximum absolute atomic E-state index is 11.2. The fourth-order valence-electron chi connectivity index (χ4n) is 1.27. The van der Waals surface area contributed by atoms with Crippen molar-refractivity contribution in [1.29, 1.82) is 0 Å². The van der Waals surface area contributed by atoms with Crippen LogP contribution in [0.15, 0.2) is 16.9 Å². The van der Waals surface area contributed by atoms with Gasteiger partial charge in [-0.3, -0.25) is 4.79 Å². The molecule has 5 nitrogen and oxygen atoms in total. The number of methoxy groups -OCH3 is 1. The lowest BCUT2D eigenvalue weighted by atomic mass is 10.2. The average Bonchev–Trinajstić information content (AvgIpc) is 2.28. The van der Waals surface area contributed by atoms with Gasteiger partial charge in [-0.1, -0.05) is 6.92 Å². The molecule has 0 fully saturated rings. The molecule has 88 valence electrons. The number of nitrogens with zero attached hydrogens (tertiary/aromatic N) is 3. The van der Waals surface area contributed by atoms with Gasteiger partial charge in [0, 0.05) is 26.0 Å². The van der Waals surface area contributed by atoms with Crippen LogP contribution >= 0.6 is 15.9 Å². The smallest absolute Gasteiger partial charge is 0.310 e. The van der Waals surface area contributed by atoms with Gasteiger partial charge in [0.05, 0.1) is 17.5 Å². The van der Waals surface area contributed by atoms with Crippen molar-refractivity contribution in [2.45, 2.75) is 6.92 Å². The number of carbonyl (C=O) groups is 1. The van der Waals surface area contributed by atoms with E-state index in [1.807, 2.05) is 11.9 Å². The Morgan fingerprint density at radius 2 is 2.12 bits per heavy atom. The van der Waals surface area contributed by atoms with E-state index in [-0.39, 0.29) is 11.9 Å². The number of rotatable bonds is 4. The van der Waals surface area contributed by atoms with Crippen molar-refractivity contribution >= 4 is 27.8 Å². The molecule has 0 saturated carbocycles. The van der Waals surface area contributed by atoms with E-state index in [9.17, 15) is 4.79 Å². The molecule has 1 aromatic rings. The Morgan fingerprint density at radius 1 is 1.56 bits per heavy atom. The quantitative estimate of drug-likeness (QED) is 0.786. The summed E-state index contributed by atoms with van der Waals surface area (Å²) in [6, 6.07) is 0. The van der Waals surface area contributed by atoms with Gasteiger partial charge in [-0.05, 0) is 15.9 Å². The molecular weight excluding hydrogens is 274 g/mol. The number of esters is 1. The lowest BCUT2D eigenvalue weighted by Crippen LogP contribution is -2.30. The molecule has 0 N–H and O–H groups in total. The van der Waals surface area contributed by atoms with Crippen LogP contribution in [0.3, 0.4) is 0 Å². The molecule has 0 radical (unpaired) electrons. The zero-order valence-electron chi connectivity index (χ0n) is 9.48. The van der Waals surface area contributed by atoms with Gasteiger partial charge in [0.2, 0.25) is 5.95 Å². The van der Waals surface area contributed by atoms with Gasteiger partial charge in [-0.25, -0.2) is 9.97 Å². The van der Waals surface area contributed by atoms with Crippen molar-refractivity contribution in [2.24, 2.45) is 5.92 Å². The third kappa shape index (κ3) is 3.44. The lowest BCUT2D eigenvalue weighted by Gasteiger charge is -2.19. The van der Waals surface area contributed by atoms with Crippen LogP contribution in [0, 0.1) is 5.92 Å². The van der Waals surface area contributed by atoms with Gasteiger partial charge in [-0.15, -0.1) is 0 Å². The zero-order valence-corrected chi connectivity index (χ0v) is 11.1. The molecule has 0 amide bonds. The van der Waals surface area contributed by atoms with Crippen LogP contribution in [0.5, 0.6) is 0 Å². The number of ether oxygens (including phenoxy) is 1. The molecule has 1 rings (SSSR count). The summed E-state index contributed by atoms with van der Waals surface area (Å²) in [5.41, 5.74) is 0. The van der Waals surface area contributed by atoms with Crippen LogP contribution in [0.4, 0.5) is 5.95 Å². The summed E-state index contributed by atoms with van der Waals surface area (Å²) >= 11 is 3.26. The van der Waals surface area contributed by atoms with E-state index in [0.29, 0.717) is 12.5 Å². The largest absolute Gasteiger partial charge is 0.469 e. The summed E-state index contributed by atoms with van der Waals surface area (Å²) < 4.78 is 5.48. The minimum absolute atomic E-state index is 0.206. The molecule has 0 aromatic carbocycles. The first-order valence-corrected chi connectivity index (χ1v) is 5.60. The minimum Gasteiger partial charge on any atom is -0.469 e. The molecule has 1 aromatic heterocycles. The Bertz CT molecular complexity index is 356. The Balaban J connectivity index is 2.61. The lowest BCUT2D eigenvalue weighted by molar-refractivity contribution is -0.144. The number of hydrogen-bond acceptors (Lipinski definition) is 5. The molecule has 0 bridgehead atoms. The minimum atomic E-state index is -0.232. The summed E-state index contributed by atoms with van der Waals surface area (Å²) in [5.74, 6) is 0.144. The Hall–Kier alpha value is -1.17. The van der Waals surface area contributed by atoms with Crippen LogP contribution in [0.1, 0.15) is 6.92 Å². The highest BCUT2D eigenvalue weighted by atomic mass is 79.9. The molecule has 0 aliphatic carbocycles. The first-order chi connectivity index (χ1) is 7.54. The molecule has 0 aliphatic heterocycles. The Labute approximate surface area is 103 Å². The Kier molecular flexibility index (Phi) is 4.67. The maximum Gasteiger partial charge on any atom is 0.310 e. The van der Waals surface area contributed by atoms with Crippen molar-refractivity contribution in [1.82, 2.24) is 9.97 Å². The topological polar surface area (TPSA) is 55.3 Å². The predicted octanol–water partition coefficient (Wildman–Crippen LogP) is 1.48. The first kappa shape index (κ1) is 12.9. The Morgan fingerprint density at radius 3 is 2.62 bits per heavy atom. The summed E-state index contributed by atoms with van der Waals surface area (Å²) in [7, 11) is 3.22. The van der Waals surface area contributed by atoms with Crippen LogP contribution in [0.2, 0.25) is 0 Å². The third-order valence-electron chi connectivity index (χ3n) is 2.10. The van der Waals surface area contributed by atoms with Crippen molar-refractivity contribution in [3.05, 3.63) is 16.9 Å². The number of hydrogen-bond donors (Lipinski definition) is 0. The van der Waals surface area contributed by atoms with Crippen molar-refractivity contribution in [3.8, 4) is 0 Å². The third-order valence-corrected chi connectivity index (χ3v) is 2.51. The van der Waals surface area contributed by atoms with E-state index in [2.05, 4.69) is 30.6 Å². The molecule has 6 heteroatoms. The van der Waals surface area contributed by atoms with Crippen molar-refractivity contribution in [3.63, 3.8) is 0 Å². The fraction of sp³-hybridized carbons (Fsp3) is 0.500. The standard InChI is InChI=1S/C10H14BrN3O2/c1-7(9(15)16-3)6-14(2)10-12-4-8(11)5-13-10/h4-5,7H,6H2,1-3H3/t7-/m1/s1. The number of halogens is 1. The maximum atomic E-state index is 11.2. The van der Waals surface area contributed by atoms with Gasteiger partial charge in [0.15, 0.2) is 0 Å². The average molecular weight is 288 g/mol. The molecule has 0 spiro atoms. The molecule has 0 aliphatic rings. The van der Waals surface area contributed by atoms with Gasteiger partial charge in [-0.2, -0.15) is 0 Å². The summed E-state index contributed by atoms with van der Waals surface area (Å²) in [4.78, 5) is 21.3. The molecular formula is C10H14BrN3O2. The number of carbonyl (C=O) groups excluding carboxylic acids is 1. The predicted molar refractivity (Wildman–Crippen MR) is 64.2 cm³/mol. The number of aromatic nitrogens is 2. The van der Waals surface area contributed by atoms with Gasteiger partial charge in [0.1, 0.15) is 0 Å². The second-order valence-electron chi connectivity index (χ2n) is 3.51. The van der Waals surface area contributed by atoms with Crippen LogP contribution in [-0.4, -0.2) is 36.6 Å². The van der Waals surface area contributed by atoms with Crippen LogP contribution in [-0.2, 0) is 9.53 Å². The molecule has 1 heterocycles. The zero-order chi connectivity index (χ0) is 12.1. The van der Waals surface area contributed by atoms with E-state index in [4.69, 9.17) is 0 Å². The SMILES string of the molecule is COC(=O)[C@H](C)CN(C)c1ncc(Br)cn1. The van der Waals surface area contributed by atoms with E-state index in [0.717, 1.165) is 4.47 Å². The highest BCUT2D eigenvalue weighted by molar-refractivity contribution is 9.10. The highest BCUT2D eigenvalue weighted by Gasteiger charge is 2.16. The van der Waals surface area contributed by atoms with Gasteiger partial charge < -0.3 is 9.64 Å². The summed E-state index contributed by atoms with van der Waals surface area (Å²) in [5, 5.41) is 0. The fourth-order valence-corrected chi connectivity index (χ4v) is 1.48. The summed E-state index contributed by atoms with van der Waals surface area (Å²) in [6.07, 6.45) is 3.34. The molecule has 16 heavy (non-hydrogen) atoms. The molecule has 1 atom stereocenters. The second-order valence-corrected chi connectivity index (χ2v) is 4.42. The molecule has 0 unspecified atom stereocenters. The van der Waals surface area contributed by atoms with E-state index in [1.165, 1.54) is 7.11 Å². The van der Waals surface area contributed by atoms with Crippen LogP contribution in [0.25, 0.3) is 0 Å². The first-order valence-electron chi connectivity index (χ1n) is 4.81. The normalized spacial score (nSPS) is 12.0. The second kappa shape index (κ2) is 5.79. The van der Waals surface area contributed by atoms with E-state index >= 15 is 0 Å². The van der Waals surface area contributed by atoms with Gasteiger partial charge >= 0.3 is 5.97 Å². The highest BCUT2D eigenvalue weighted by Crippen LogP contribution is 2.11. The summed E-state index contributed by atoms with van der Waals surface area (Å²) in [6.45, 7) is 2.33. The van der Waals surface area contributed by atoms with E-state index < -0.39 is 0 Å². The van der Waals surface area contributed by atoms with Gasteiger partial charge in [0.25, 0.3) is 0 Å². The van der Waals surface area contributed by atoms with Crippen LogP contribution < -0.4 is 4.90 Å². The van der Waals surface area contributed by atoms with E-state index in [1.54, 1.807) is 19.3 Å². The molecule has 0 saturated heterocycles. The monoisotopic (exact) mass is 287 g/mol. The number of anilines is 1.